The third-order valence-corrected chi connectivity index (χ3v) is 6.11. The van der Waals surface area contributed by atoms with Gasteiger partial charge in [-0.2, -0.15) is 0 Å². The number of hydrogen-bond acceptors (Lipinski definition) is 3. The summed E-state index contributed by atoms with van der Waals surface area (Å²) in [6.07, 6.45) is 6.29. The Morgan fingerprint density at radius 1 is 1.20 bits per heavy atom. The summed E-state index contributed by atoms with van der Waals surface area (Å²) >= 11 is 0. The van der Waals surface area contributed by atoms with Crippen LogP contribution in [0.2, 0.25) is 0 Å². The Balaban J connectivity index is 0.000000553. The Hall–Kier alpha value is -2.17. The first-order chi connectivity index (χ1) is 13.9. The number of amides is 1. The van der Waals surface area contributed by atoms with E-state index in [9.17, 15) is 9.59 Å². The number of amidine groups is 1. The zero-order chi connectivity index (χ0) is 23.1. The van der Waals surface area contributed by atoms with Crippen LogP contribution >= 0.6 is 0 Å². The summed E-state index contributed by atoms with van der Waals surface area (Å²) in [7, 11) is 0. The number of piperidine rings is 1. The summed E-state index contributed by atoms with van der Waals surface area (Å²) in [5.41, 5.74) is 8.28. The first-order valence-electron chi connectivity index (χ1n) is 11.1. The lowest BCUT2D eigenvalue weighted by atomic mass is 9.71. The van der Waals surface area contributed by atoms with Crippen LogP contribution < -0.4 is 10.6 Å². The molecule has 0 spiro atoms. The average Bonchev–Trinajstić information content (AvgIpc) is 2.62. The minimum atomic E-state index is -0.139. The molecule has 5 nitrogen and oxygen atoms in total. The molecule has 1 aliphatic heterocycles. The maximum absolute atomic E-state index is 12.8. The van der Waals surface area contributed by atoms with Gasteiger partial charge in [-0.1, -0.05) is 47.5 Å². The SMILES string of the molecule is CC(=O)C(C)(C)C.CCCC1(CCC)CCN(c2ccc(C(=N)N)cc2C)C(=O)C1. The van der Waals surface area contributed by atoms with E-state index in [0.29, 0.717) is 12.0 Å². The Bertz CT molecular complexity index is 756. The second kappa shape index (κ2) is 10.7. The smallest absolute Gasteiger partial charge is 0.227 e. The first kappa shape index (κ1) is 25.9. The quantitative estimate of drug-likeness (QED) is 0.467. The van der Waals surface area contributed by atoms with E-state index in [4.69, 9.17) is 11.1 Å². The van der Waals surface area contributed by atoms with E-state index in [1.54, 1.807) is 6.92 Å². The number of carbonyl (C=O) groups is 2. The van der Waals surface area contributed by atoms with Gasteiger partial charge in [0, 0.05) is 29.6 Å². The highest BCUT2D eigenvalue weighted by molar-refractivity contribution is 5.98. The van der Waals surface area contributed by atoms with E-state index in [0.717, 1.165) is 49.9 Å². The van der Waals surface area contributed by atoms with E-state index in [-0.39, 0.29) is 28.4 Å². The number of aryl methyl sites for hydroxylation is 1. The average molecular weight is 416 g/mol. The van der Waals surface area contributed by atoms with Crippen LogP contribution in [0.5, 0.6) is 0 Å². The Morgan fingerprint density at radius 3 is 2.10 bits per heavy atom. The molecule has 0 unspecified atom stereocenters. The number of nitrogen functional groups attached to an aromatic ring is 1. The van der Waals surface area contributed by atoms with E-state index in [1.807, 2.05) is 50.8 Å². The summed E-state index contributed by atoms with van der Waals surface area (Å²) in [5, 5.41) is 7.53. The molecule has 168 valence electrons. The van der Waals surface area contributed by atoms with Gasteiger partial charge in [0.2, 0.25) is 5.91 Å². The van der Waals surface area contributed by atoms with Gasteiger partial charge >= 0.3 is 0 Å². The molecule has 2 rings (SSSR count). The zero-order valence-corrected chi connectivity index (χ0v) is 20.0. The fourth-order valence-corrected chi connectivity index (χ4v) is 3.97. The molecule has 0 radical (unpaired) electrons. The van der Waals surface area contributed by atoms with Crippen LogP contribution in [-0.4, -0.2) is 24.1 Å². The van der Waals surface area contributed by atoms with Crippen molar-refractivity contribution in [2.24, 2.45) is 16.6 Å². The molecule has 3 N–H and O–H groups in total. The van der Waals surface area contributed by atoms with Crippen molar-refractivity contribution < 1.29 is 9.59 Å². The molecular weight excluding hydrogens is 374 g/mol. The van der Waals surface area contributed by atoms with Crippen LogP contribution in [0.25, 0.3) is 0 Å². The van der Waals surface area contributed by atoms with Gasteiger partial charge in [-0.05, 0) is 62.3 Å². The maximum Gasteiger partial charge on any atom is 0.227 e. The van der Waals surface area contributed by atoms with E-state index >= 15 is 0 Å². The van der Waals surface area contributed by atoms with Gasteiger partial charge in [0.15, 0.2) is 0 Å². The van der Waals surface area contributed by atoms with E-state index < -0.39 is 0 Å². The standard InChI is InChI=1S/C19H29N3O.C6H12O/c1-4-8-19(9-5-2)10-11-22(17(23)13-19)16-7-6-15(18(20)21)12-14(16)3;1-5(7)6(2,3)4/h6-7,12H,4-5,8-11,13H2,1-3H3,(H3,20,21);1-4H3. The molecule has 5 heteroatoms. The van der Waals surface area contributed by atoms with Gasteiger partial charge in [0.1, 0.15) is 11.6 Å². The molecule has 1 aromatic rings. The molecule has 1 heterocycles. The molecular formula is C25H41N3O2. The second-order valence-electron chi connectivity index (χ2n) is 9.69. The minimum absolute atomic E-state index is 0.0644. The number of nitrogens with zero attached hydrogens (tertiary/aromatic N) is 1. The lowest BCUT2D eigenvalue weighted by Gasteiger charge is -2.42. The van der Waals surface area contributed by atoms with Crippen molar-refractivity contribution in [2.75, 3.05) is 11.4 Å². The predicted octanol–water partition coefficient (Wildman–Crippen LogP) is 5.61. The number of nitrogens with two attached hydrogens (primary N) is 1. The second-order valence-corrected chi connectivity index (χ2v) is 9.69. The molecule has 1 aliphatic rings. The molecule has 0 saturated carbocycles. The van der Waals surface area contributed by atoms with Crippen molar-refractivity contribution >= 4 is 23.2 Å². The van der Waals surface area contributed by atoms with Gasteiger partial charge in [-0.3, -0.25) is 15.0 Å². The van der Waals surface area contributed by atoms with E-state index in [2.05, 4.69) is 13.8 Å². The van der Waals surface area contributed by atoms with Crippen LogP contribution in [0.4, 0.5) is 5.69 Å². The normalized spacial score (nSPS) is 16.0. The summed E-state index contributed by atoms with van der Waals surface area (Å²) < 4.78 is 0. The van der Waals surface area contributed by atoms with Gasteiger partial charge < -0.3 is 10.6 Å². The highest BCUT2D eigenvalue weighted by Gasteiger charge is 2.38. The van der Waals surface area contributed by atoms with Crippen LogP contribution in [0, 0.1) is 23.2 Å². The highest BCUT2D eigenvalue weighted by Crippen LogP contribution is 2.42. The predicted molar refractivity (Wildman–Crippen MR) is 126 cm³/mol. The topological polar surface area (TPSA) is 87.2 Å². The molecule has 0 aliphatic carbocycles. The van der Waals surface area contributed by atoms with Crippen molar-refractivity contribution in [3.05, 3.63) is 29.3 Å². The molecule has 1 aromatic carbocycles. The van der Waals surface area contributed by atoms with Gasteiger partial charge in [-0.25, -0.2) is 0 Å². The molecule has 0 atom stereocenters. The highest BCUT2D eigenvalue weighted by atomic mass is 16.2. The lowest BCUT2D eigenvalue weighted by molar-refractivity contribution is -0.124. The molecule has 0 bridgehead atoms. The molecule has 0 aromatic heterocycles. The van der Waals surface area contributed by atoms with Crippen LogP contribution in [0.15, 0.2) is 18.2 Å². The number of rotatable bonds is 6. The third kappa shape index (κ3) is 6.96. The summed E-state index contributed by atoms with van der Waals surface area (Å²) in [4.78, 5) is 25.2. The molecule has 30 heavy (non-hydrogen) atoms. The van der Waals surface area contributed by atoms with Gasteiger partial charge in [0.25, 0.3) is 0 Å². The van der Waals surface area contributed by atoms with Crippen LogP contribution in [-0.2, 0) is 9.59 Å². The Kier molecular flexibility index (Phi) is 9.26. The Morgan fingerprint density at radius 2 is 1.73 bits per heavy atom. The summed E-state index contributed by atoms with van der Waals surface area (Å²) in [6.45, 7) is 14.5. The number of ketones is 1. The number of carbonyl (C=O) groups excluding carboxylic acids is 2. The number of benzene rings is 1. The van der Waals surface area contributed by atoms with Crippen LogP contribution in [0.3, 0.4) is 0 Å². The summed E-state index contributed by atoms with van der Waals surface area (Å²) in [5.74, 6) is 0.541. The van der Waals surface area contributed by atoms with Crippen molar-refractivity contribution in [1.29, 1.82) is 5.41 Å². The molecule has 1 saturated heterocycles. The number of nitrogens with one attached hydrogen (secondary N) is 1. The lowest BCUT2D eigenvalue weighted by Crippen LogP contribution is -2.44. The number of anilines is 1. The van der Waals surface area contributed by atoms with Gasteiger partial charge in [-0.15, -0.1) is 0 Å². The Labute approximate surface area is 182 Å². The third-order valence-electron chi connectivity index (χ3n) is 6.11. The fraction of sp³-hybridized carbons (Fsp3) is 0.640. The van der Waals surface area contributed by atoms with E-state index in [1.165, 1.54) is 0 Å². The van der Waals surface area contributed by atoms with Crippen molar-refractivity contribution in [3.63, 3.8) is 0 Å². The van der Waals surface area contributed by atoms with Crippen LogP contribution in [0.1, 0.15) is 91.2 Å². The largest absolute Gasteiger partial charge is 0.384 e. The number of hydrogen-bond donors (Lipinski definition) is 2. The first-order valence-corrected chi connectivity index (χ1v) is 11.1. The zero-order valence-electron chi connectivity index (χ0n) is 20.0. The maximum atomic E-state index is 12.8. The summed E-state index contributed by atoms with van der Waals surface area (Å²) in [6, 6.07) is 5.65. The van der Waals surface area contributed by atoms with Crippen molar-refractivity contribution in [3.8, 4) is 0 Å². The number of Topliss-reactive ketones (excluding diaryl/α,β-unsaturated/α-hetero) is 1. The minimum Gasteiger partial charge on any atom is -0.384 e. The van der Waals surface area contributed by atoms with Crippen molar-refractivity contribution in [1.82, 2.24) is 0 Å². The molecule has 1 fully saturated rings. The monoisotopic (exact) mass is 415 g/mol. The van der Waals surface area contributed by atoms with Crippen molar-refractivity contribution in [2.45, 2.75) is 87.0 Å². The van der Waals surface area contributed by atoms with Gasteiger partial charge in [0.05, 0.1) is 0 Å². The molecule has 1 amide bonds. The fourth-order valence-electron chi connectivity index (χ4n) is 3.97.